The smallest absolute Gasteiger partial charge is 0.338 e. The number of hydrogen-bond donors (Lipinski definition) is 2. The second-order valence-corrected chi connectivity index (χ2v) is 8.85. The molecule has 9 nitrogen and oxygen atoms in total. The third-order valence-electron chi connectivity index (χ3n) is 5.39. The van der Waals surface area contributed by atoms with E-state index in [1.165, 1.54) is 33.1 Å². The number of amidine groups is 1. The van der Waals surface area contributed by atoms with Gasteiger partial charge in [0.2, 0.25) is 11.7 Å². The van der Waals surface area contributed by atoms with Crippen LogP contribution in [0.5, 0.6) is 17.2 Å². The fourth-order valence-electron chi connectivity index (χ4n) is 3.66. The van der Waals surface area contributed by atoms with E-state index in [1.54, 1.807) is 26.0 Å². The molecule has 0 aromatic heterocycles. The zero-order valence-electron chi connectivity index (χ0n) is 21.3. The van der Waals surface area contributed by atoms with Gasteiger partial charge in [-0.15, -0.1) is 0 Å². The van der Waals surface area contributed by atoms with Crippen LogP contribution in [-0.2, 0) is 14.3 Å². The molecule has 192 valence electrons. The van der Waals surface area contributed by atoms with E-state index in [0.717, 1.165) is 11.3 Å². The van der Waals surface area contributed by atoms with Gasteiger partial charge in [-0.1, -0.05) is 29.5 Å². The molecule has 10 heteroatoms. The van der Waals surface area contributed by atoms with Crippen LogP contribution in [0, 0.1) is 6.92 Å². The van der Waals surface area contributed by atoms with Crippen LogP contribution in [0.15, 0.2) is 52.7 Å². The number of benzene rings is 2. The first-order valence-corrected chi connectivity index (χ1v) is 12.3. The molecule has 2 aromatic carbocycles. The molecule has 3 rings (SSSR count). The largest absolute Gasteiger partial charge is 0.493 e. The third kappa shape index (κ3) is 6.31. The number of nitrogens with one attached hydrogen (secondary N) is 2. The Bertz CT molecular complexity index is 1150. The molecule has 0 aliphatic carbocycles. The summed E-state index contributed by atoms with van der Waals surface area (Å²) < 4.78 is 21.7. The number of allylic oxidation sites excluding steroid dienone is 1. The van der Waals surface area contributed by atoms with Crippen LogP contribution >= 0.6 is 11.8 Å². The summed E-state index contributed by atoms with van der Waals surface area (Å²) in [7, 11) is 4.56. The molecule has 1 atom stereocenters. The molecule has 0 fully saturated rings. The van der Waals surface area contributed by atoms with E-state index in [2.05, 4.69) is 10.6 Å². The minimum Gasteiger partial charge on any atom is -0.493 e. The molecule has 2 N–H and O–H groups in total. The summed E-state index contributed by atoms with van der Waals surface area (Å²) in [6, 6.07) is 10.4. The number of methoxy groups -OCH3 is 3. The number of carbonyl (C=O) groups excluding carboxylic acids is 2. The maximum Gasteiger partial charge on any atom is 0.338 e. The third-order valence-corrected chi connectivity index (χ3v) is 6.28. The van der Waals surface area contributed by atoms with Crippen molar-refractivity contribution in [1.82, 2.24) is 5.32 Å². The molecular formula is C26H31N3O6S. The van der Waals surface area contributed by atoms with Gasteiger partial charge < -0.3 is 29.6 Å². The minimum absolute atomic E-state index is 0.129. The van der Waals surface area contributed by atoms with Crippen molar-refractivity contribution in [1.29, 1.82) is 0 Å². The van der Waals surface area contributed by atoms with Crippen LogP contribution in [0.2, 0.25) is 0 Å². The molecular weight excluding hydrogens is 482 g/mol. The van der Waals surface area contributed by atoms with Crippen molar-refractivity contribution in [3.05, 3.63) is 58.8 Å². The normalized spacial score (nSPS) is 14.9. The van der Waals surface area contributed by atoms with E-state index in [4.69, 9.17) is 23.9 Å². The molecule has 0 unspecified atom stereocenters. The number of carbonyl (C=O) groups is 2. The molecule has 0 bridgehead atoms. The van der Waals surface area contributed by atoms with Gasteiger partial charge in [0.05, 0.1) is 39.3 Å². The molecule has 36 heavy (non-hydrogen) atoms. The SMILES string of the molecule is CCOC(=O)C1=C(C)NC(SCC(=O)Nc2ccc(C)cc2)=N[C@H]1c1cc(OC)c(OC)c(OC)c1. The number of amides is 1. The zero-order chi connectivity index (χ0) is 26.2. The highest BCUT2D eigenvalue weighted by Crippen LogP contribution is 2.43. The highest BCUT2D eigenvalue weighted by Gasteiger charge is 2.32. The fourth-order valence-corrected chi connectivity index (χ4v) is 4.41. The van der Waals surface area contributed by atoms with Crippen molar-refractivity contribution < 1.29 is 28.5 Å². The Balaban J connectivity index is 1.90. The van der Waals surface area contributed by atoms with Crippen molar-refractivity contribution >= 4 is 34.5 Å². The summed E-state index contributed by atoms with van der Waals surface area (Å²) >= 11 is 1.24. The Morgan fingerprint density at radius 1 is 1.03 bits per heavy atom. The Labute approximate surface area is 215 Å². The van der Waals surface area contributed by atoms with E-state index in [1.807, 2.05) is 31.2 Å². The summed E-state index contributed by atoms with van der Waals surface area (Å²) in [4.78, 5) is 30.2. The molecule has 0 saturated heterocycles. The molecule has 1 aliphatic rings. The van der Waals surface area contributed by atoms with E-state index < -0.39 is 12.0 Å². The van der Waals surface area contributed by atoms with Crippen LogP contribution in [0.1, 0.15) is 31.0 Å². The molecule has 1 heterocycles. The number of hydrogen-bond acceptors (Lipinski definition) is 9. The Kier molecular flexibility index (Phi) is 9.24. The van der Waals surface area contributed by atoms with Crippen molar-refractivity contribution in [2.45, 2.75) is 26.8 Å². The number of aliphatic imine (C=N–C) groups is 1. The van der Waals surface area contributed by atoms with E-state index >= 15 is 0 Å². The van der Waals surface area contributed by atoms with Gasteiger partial charge in [0.25, 0.3) is 0 Å². The number of anilines is 1. The quantitative estimate of drug-likeness (QED) is 0.480. The van der Waals surface area contributed by atoms with Crippen molar-refractivity contribution in [3.63, 3.8) is 0 Å². The summed E-state index contributed by atoms with van der Waals surface area (Å²) in [5.74, 6) is 0.786. The lowest BCUT2D eigenvalue weighted by Crippen LogP contribution is -2.31. The first kappa shape index (κ1) is 26.9. The van der Waals surface area contributed by atoms with Gasteiger partial charge in [-0.05, 0) is 50.6 Å². The average Bonchev–Trinajstić information content (AvgIpc) is 2.87. The first-order valence-electron chi connectivity index (χ1n) is 11.3. The second-order valence-electron chi connectivity index (χ2n) is 7.88. The zero-order valence-corrected chi connectivity index (χ0v) is 22.1. The standard InChI is InChI=1S/C26H31N3O6S/c1-7-35-25(31)22-16(3)27-26(36-14-21(30)28-18-10-8-15(2)9-11-18)29-23(22)17-12-19(32-4)24(34-6)20(13-17)33-5/h8-13,23H,7,14H2,1-6H3,(H,27,29)(H,28,30)/t23-/m0/s1. The Morgan fingerprint density at radius 3 is 2.22 bits per heavy atom. The second kappa shape index (κ2) is 12.3. The lowest BCUT2D eigenvalue weighted by Gasteiger charge is -2.26. The number of aryl methyl sites for hydroxylation is 1. The lowest BCUT2D eigenvalue weighted by atomic mass is 9.96. The average molecular weight is 514 g/mol. The number of rotatable bonds is 9. The Morgan fingerprint density at radius 2 is 1.67 bits per heavy atom. The van der Waals surface area contributed by atoms with E-state index in [0.29, 0.717) is 39.2 Å². The summed E-state index contributed by atoms with van der Waals surface area (Å²) in [5.41, 5.74) is 3.43. The van der Waals surface area contributed by atoms with Gasteiger partial charge in [0.1, 0.15) is 6.04 Å². The van der Waals surface area contributed by atoms with E-state index in [9.17, 15) is 9.59 Å². The van der Waals surface area contributed by atoms with Gasteiger partial charge in [-0.2, -0.15) is 0 Å². The van der Waals surface area contributed by atoms with Crippen LogP contribution in [0.25, 0.3) is 0 Å². The Hall–Kier alpha value is -3.66. The van der Waals surface area contributed by atoms with Crippen LogP contribution in [-0.4, -0.2) is 50.7 Å². The van der Waals surface area contributed by atoms with Crippen molar-refractivity contribution in [2.24, 2.45) is 4.99 Å². The van der Waals surface area contributed by atoms with E-state index in [-0.39, 0.29) is 18.3 Å². The molecule has 1 aliphatic heterocycles. The molecule has 1 amide bonds. The molecule has 0 saturated carbocycles. The maximum absolute atomic E-state index is 12.9. The predicted molar refractivity (Wildman–Crippen MR) is 141 cm³/mol. The fraction of sp³-hybridized carbons (Fsp3) is 0.346. The highest BCUT2D eigenvalue weighted by atomic mass is 32.2. The number of esters is 1. The van der Waals surface area contributed by atoms with Crippen LogP contribution in [0.3, 0.4) is 0 Å². The maximum atomic E-state index is 12.9. The first-order chi connectivity index (χ1) is 17.3. The summed E-state index contributed by atoms with van der Waals surface area (Å²) in [6.45, 7) is 5.73. The molecule has 2 aromatic rings. The van der Waals surface area contributed by atoms with Gasteiger partial charge in [0.15, 0.2) is 16.7 Å². The number of ether oxygens (including phenoxy) is 4. The number of nitrogens with zero attached hydrogens (tertiary/aromatic N) is 1. The van der Waals surface area contributed by atoms with Gasteiger partial charge >= 0.3 is 5.97 Å². The molecule has 0 spiro atoms. The number of thioether (sulfide) groups is 1. The van der Waals surface area contributed by atoms with Crippen LogP contribution in [0.4, 0.5) is 5.69 Å². The van der Waals surface area contributed by atoms with Crippen molar-refractivity contribution in [3.8, 4) is 17.2 Å². The van der Waals surface area contributed by atoms with Crippen LogP contribution < -0.4 is 24.8 Å². The lowest BCUT2D eigenvalue weighted by molar-refractivity contribution is -0.139. The van der Waals surface area contributed by atoms with Crippen molar-refractivity contribution in [2.75, 3.05) is 39.0 Å². The van der Waals surface area contributed by atoms with Gasteiger partial charge in [-0.3, -0.25) is 4.79 Å². The minimum atomic E-state index is -0.707. The molecule has 0 radical (unpaired) electrons. The van der Waals surface area contributed by atoms with Gasteiger partial charge in [0, 0.05) is 11.4 Å². The summed E-state index contributed by atoms with van der Waals surface area (Å²) in [5, 5.41) is 6.51. The highest BCUT2D eigenvalue weighted by molar-refractivity contribution is 8.14. The summed E-state index contributed by atoms with van der Waals surface area (Å²) in [6.07, 6.45) is 0. The topological polar surface area (TPSA) is 107 Å². The van der Waals surface area contributed by atoms with Gasteiger partial charge in [-0.25, -0.2) is 9.79 Å². The predicted octanol–water partition coefficient (Wildman–Crippen LogP) is 4.23. The monoisotopic (exact) mass is 513 g/mol.